The highest BCUT2D eigenvalue weighted by molar-refractivity contribution is 5.84. The fourth-order valence-corrected chi connectivity index (χ4v) is 1.70. The number of hydrogen-bond acceptors (Lipinski definition) is 3. The first-order chi connectivity index (χ1) is 7.24. The Labute approximate surface area is 92.8 Å². The van der Waals surface area contributed by atoms with Crippen molar-refractivity contribution in [1.82, 2.24) is 0 Å². The van der Waals surface area contributed by atoms with Crippen LogP contribution in [0.15, 0.2) is 5.16 Å². The van der Waals surface area contributed by atoms with Gasteiger partial charge in [0.25, 0.3) is 0 Å². The van der Waals surface area contributed by atoms with Crippen LogP contribution in [-0.4, -0.2) is 25.5 Å². The minimum atomic E-state index is 0.0874. The molecule has 0 N–H and O–H groups in total. The van der Waals surface area contributed by atoms with E-state index in [2.05, 4.69) is 19.0 Å². The summed E-state index contributed by atoms with van der Waals surface area (Å²) in [5.41, 5.74) is 1.23. The molecule has 0 aromatic rings. The van der Waals surface area contributed by atoms with Gasteiger partial charge in [-0.25, -0.2) is 0 Å². The van der Waals surface area contributed by atoms with Gasteiger partial charge in [0.05, 0.1) is 12.3 Å². The maximum absolute atomic E-state index is 5.55. The second-order valence-corrected chi connectivity index (χ2v) is 4.56. The van der Waals surface area contributed by atoms with Crippen LogP contribution in [0.4, 0.5) is 0 Å². The number of rotatable bonds is 5. The van der Waals surface area contributed by atoms with Crippen molar-refractivity contribution >= 4 is 5.71 Å². The van der Waals surface area contributed by atoms with Gasteiger partial charge < -0.3 is 9.57 Å². The molecule has 1 saturated carbocycles. The monoisotopic (exact) mass is 213 g/mol. The third-order valence-electron chi connectivity index (χ3n) is 2.82. The molecule has 1 atom stereocenters. The summed E-state index contributed by atoms with van der Waals surface area (Å²) < 4.78 is 5.11. The average molecular weight is 213 g/mol. The zero-order valence-electron chi connectivity index (χ0n) is 10.2. The van der Waals surface area contributed by atoms with Gasteiger partial charge in [-0.2, -0.15) is 0 Å². The minimum Gasteiger partial charge on any atom is -0.390 e. The molecule has 0 unspecified atom stereocenters. The van der Waals surface area contributed by atoms with Crippen LogP contribution in [0, 0.1) is 5.92 Å². The summed E-state index contributed by atoms with van der Waals surface area (Å²) in [5, 5.41) is 4.26. The van der Waals surface area contributed by atoms with Gasteiger partial charge in [0.2, 0.25) is 0 Å². The summed E-state index contributed by atoms with van der Waals surface area (Å²) >= 11 is 0. The predicted molar refractivity (Wildman–Crippen MR) is 62.1 cm³/mol. The summed E-state index contributed by atoms with van der Waals surface area (Å²) in [6, 6.07) is 0. The number of methoxy groups -OCH3 is 1. The van der Waals surface area contributed by atoms with Gasteiger partial charge in [-0.05, 0) is 31.6 Å². The first-order valence-corrected chi connectivity index (χ1v) is 5.94. The highest BCUT2D eigenvalue weighted by atomic mass is 16.6. The summed E-state index contributed by atoms with van der Waals surface area (Å²) in [5.74, 6) is 0.442. The third kappa shape index (κ3) is 4.65. The summed E-state index contributed by atoms with van der Waals surface area (Å²) in [6.45, 7) is 4.88. The number of ether oxygens (including phenoxy) is 1. The molecule has 0 spiro atoms. The molecule has 0 saturated heterocycles. The van der Waals surface area contributed by atoms with E-state index in [-0.39, 0.29) is 6.10 Å². The second kappa shape index (κ2) is 6.83. The van der Waals surface area contributed by atoms with Crippen molar-refractivity contribution in [2.75, 3.05) is 13.7 Å². The topological polar surface area (TPSA) is 30.8 Å². The minimum absolute atomic E-state index is 0.0874. The Morgan fingerprint density at radius 2 is 1.87 bits per heavy atom. The van der Waals surface area contributed by atoms with Crippen molar-refractivity contribution in [3.05, 3.63) is 0 Å². The Morgan fingerprint density at radius 3 is 2.40 bits per heavy atom. The zero-order chi connectivity index (χ0) is 11.1. The van der Waals surface area contributed by atoms with E-state index in [9.17, 15) is 0 Å². The maximum Gasteiger partial charge on any atom is 0.152 e. The molecule has 3 heteroatoms. The molecule has 0 aromatic heterocycles. The predicted octanol–water partition coefficient (Wildman–Crippen LogP) is 2.99. The normalized spacial score (nSPS) is 19.1. The fraction of sp³-hybridized carbons (Fsp3) is 0.917. The standard InChI is InChI=1S/C12H23NO2/c1-10(2)12(9-14-3)15-13-11-7-5-4-6-8-11/h10,12H,4-9H2,1-3H3/t12-/m1/s1. The molecule has 15 heavy (non-hydrogen) atoms. The van der Waals surface area contributed by atoms with Crippen molar-refractivity contribution < 1.29 is 9.57 Å². The van der Waals surface area contributed by atoms with Gasteiger partial charge in [-0.15, -0.1) is 0 Å². The Morgan fingerprint density at radius 1 is 1.20 bits per heavy atom. The van der Waals surface area contributed by atoms with Crippen LogP contribution in [0.25, 0.3) is 0 Å². The van der Waals surface area contributed by atoms with Crippen LogP contribution in [0.3, 0.4) is 0 Å². The van der Waals surface area contributed by atoms with E-state index in [1.54, 1.807) is 7.11 Å². The fourth-order valence-electron chi connectivity index (χ4n) is 1.70. The molecule has 0 heterocycles. The molecule has 1 aliphatic rings. The average Bonchev–Trinajstić information content (AvgIpc) is 2.25. The number of hydrogen-bond donors (Lipinski definition) is 0. The highest BCUT2D eigenvalue weighted by Gasteiger charge is 2.15. The molecule has 0 aromatic carbocycles. The summed E-state index contributed by atoms with van der Waals surface area (Å²) in [4.78, 5) is 5.55. The van der Waals surface area contributed by atoms with Gasteiger partial charge in [-0.1, -0.05) is 25.4 Å². The first-order valence-electron chi connectivity index (χ1n) is 5.94. The van der Waals surface area contributed by atoms with E-state index < -0.39 is 0 Å². The smallest absolute Gasteiger partial charge is 0.152 e. The van der Waals surface area contributed by atoms with Crippen molar-refractivity contribution in [2.24, 2.45) is 11.1 Å². The molecule has 0 aliphatic heterocycles. The highest BCUT2D eigenvalue weighted by Crippen LogP contribution is 2.16. The Hall–Kier alpha value is -0.570. The van der Waals surface area contributed by atoms with Gasteiger partial charge in [0, 0.05) is 7.11 Å². The molecule has 0 radical (unpaired) electrons. The Balaban J connectivity index is 2.36. The SMILES string of the molecule is COC[C@@H](ON=C1CCCCC1)C(C)C. The van der Waals surface area contributed by atoms with Gasteiger partial charge >= 0.3 is 0 Å². The van der Waals surface area contributed by atoms with Crippen molar-refractivity contribution in [3.8, 4) is 0 Å². The van der Waals surface area contributed by atoms with E-state index in [4.69, 9.17) is 9.57 Å². The lowest BCUT2D eigenvalue weighted by molar-refractivity contribution is -0.0252. The van der Waals surface area contributed by atoms with Gasteiger partial charge in [-0.3, -0.25) is 0 Å². The molecule has 1 fully saturated rings. The summed E-state index contributed by atoms with van der Waals surface area (Å²) in [6.07, 6.45) is 6.17. The lowest BCUT2D eigenvalue weighted by atomic mass is 9.99. The molecular formula is C12H23NO2. The van der Waals surface area contributed by atoms with Crippen LogP contribution >= 0.6 is 0 Å². The van der Waals surface area contributed by atoms with Crippen molar-refractivity contribution in [3.63, 3.8) is 0 Å². The van der Waals surface area contributed by atoms with E-state index in [1.807, 2.05) is 0 Å². The molecule has 1 aliphatic carbocycles. The largest absolute Gasteiger partial charge is 0.390 e. The van der Waals surface area contributed by atoms with Crippen molar-refractivity contribution in [1.29, 1.82) is 0 Å². The Bertz CT molecular complexity index is 194. The van der Waals surface area contributed by atoms with Crippen LogP contribution in [-0.2, 0) is 9.57 Å². The van der Waals surface area contributed by atoms with E-state index in [0.29, 0.717) is 12.5 Å². The maximum atomic E-state index is 5.55. The summed E-state index contributed by atoms with van der Waals surface area (Å²) in [7, 11) is 1.70. The van der Waals surface area contributed by atoms with E-state index >= 15 is 0 Å². The quantitative estimate of drug-likeness (QED) is 0.657. The molecule has 0 bridgehead atoms. The lowest BCUT2D eigenvalue weighted by Gasteiger charge is -2.19. The zero-order valence-corrected chi connectivity index (χ0v) is 10.2. The second-order valence-electron chi connectivity index (χ2n) is 4.56. The van der Waals surface area contributed by atoms with E-state index in [0.717, 1.165) is 12.8 Å². The Kier molecular flexibility index (Phi) is 5.69. The number of oxime groups is 1. The molecule has 3 nitrogen and oxygen atoms in total. The lowest BCUT2D eigenvalue weighted by Crippen LogP contribution is -2.24. The third-order valence-corrected chi connectivity index (χ3v) is 2.82. The molecular weight excluding hydrogens is 190 g/mol. The van der Waals surface area contributed by atoms with Gasteiger partial charge in [0.1, 0.15) is 0 Å². The molecule has 1 rings (SSSR count). The van der Waals surface area contributed by atoms with Crippen LogP contribution in [0.1, 0.15) is 46.0 Å². The first kappa shape index (κ1) is 12.5. The van der Waals surface area contributed by atoms with Gasteiger partial charge in [0.15, 0.2) is 6.10 Å². The molecule has 88 valence electrons. The number of nitrogens with zero attached hydrogens (tertiary/aromatic N) is 1. The van der Waals surface area contributed by atoms with Crippen LogP contribution < -0.4 is 0 Å². The van der Waals surface area contributed by atoms with Crippen LogP contribution in [0.2, 0.25) is 0 Å². The van der Waals surface area contributed by atoms with Crippen LogP contribution in [0.5, 0.6) is 0 Å². The molecule has 0 amide bonds. The van der Waals surface area contributed by atoms with E-state index in [1.165, 1.54) is 25.0 Å². The van der Waals surface area contributed by atoms with Crippen molar-refractivity contribution in [2.45, 2.75) is 52.1 Å².